The SMILES string of the molecule is O=C(Nc1ccc(Oc2ccc(Cl)cc2)nc1)N1CCC(c2ncn[nH]2)CC1. The van der Waals surface area contributed by atoms with Crippen molar-refractivity contribution in [2.45, 2.75) is 18.8 Å². The van der Waals surface area contributed by atoms with Crippen LogP contribution in [0.1, 0.15) is 24.6 Å². The molecule has 144 valence electrons. The van der Waals surface area contributed by atoms with Crippen LogP contribution in [0.3, 0.4) is 0 Å². The van der Waals surface area contributed by atoms with Gasteiger partial charge in [0.25, 0.3) is 0 Å². The smallest absolute Gasteiger partial charge is 0.321 e. The first kappa shape index (κ1) is 18.2. The minimum atomic E-state index is -0.135. The maximum atomic E-state index is 12.5. The van der Waals surface area contributed by atoms with E-state index in [2.05, 4.69) is 25.5 Å². The molecule has 0 aliphatic carbocycles. The van der Waals surface area contributed by atoms with Crippen molar-refractivity contribution in [1.29, 1.82) is 0 Å². The standard InChI is InChI=1S/C19H19ClN6O2/c20-14-1-4-16(5-2-14)28-17-6-3-15(11-21-17)24-19(27)26-9-7-13(8-10-26)18-22-12-23-25-18/h1-6,11-13H,7-10H2,(H,24,27)(H,22,23,25). The summed E-state index contributed by atoms with van der Waals surface area (Å²) in [6, 6.07) is 10.4. The highest BCUT2D eigenvalue weighted by Gasteiger charge is 2.25. The highest BCUT2D eigenvalue weighted by Crippen LogP contribution is 2.26. The van der Waals surface area contributed by atoms with Crippen LogP contribution >= 0.6 is 11.6 Å². The monoisotopic (exact) mass is 398 g/mol. The number of ether oxygens (including phenoxy) is 1. The van der Waals surface area contributed by atoms with Gasteiger partial charge in [-0.25, -0.2) is 14.8 Å². The molecular weight excluding hydrogens is 380 g/mol. The maximum Gasteiger partial charge on any atom is 0.321 e. The zero-order chi connectivity index (χ0) is 19.3. The molecule has 9 heteroatoms. The van der Waals surface area contributed by atoms with Gasteiger partial charge in [-0.1, -0.05) is 11.6 Å². The lowest BCUT2D eigenvalue weighted by atomic mass is 9.96. The molecule has 2 N–H and O–H groups in total. The summed E-state index contributed by atoms with van der Waals surface area (Å²) < 4.78 is 5.65. The van der Waals surface area contributed by atoms with Gasteiger partial charge in [0.15, 0.2) is 0 Å². The first-order chi connectivity index (χ1) is 13.7. The Morgan fingerprint density at radius 3 is 2.57 bits per heavy atom. The average Bonchev–Trinajstić information content (AvgIpc) is 3.26. The summed E-state index contributed by atoms with van der Waals surface area (Å²) in [6.45, 7) is 1.34. The van der Waals surface area contributed by atoms with E-state index in [1.165, 1.54) is 6.33 Å². The Labute approximate surface area is 166 Å². The summed E-state index contributed by atoms with van der Waals surface area (Å²) in [6.07, 6.45) is 4.80. The summed E-state index contributed by atoms with van der Waals surface area (Å²) >= 11 is 5.86. The van der Waals surface area contributed by atoms with Crippen molar-refractivity contribution in [3.63, 3.8) is 0 Å². The molecule has 0 bridgehead atoms. The molecule has 2 aromatic heterocycles. The number of benzene rings is 1. The number of H-pyrrole nitrogens is 1. The van der Waals surface area contributed by atoms with Crippen molar-refractivity contribution in [2.24, 2.45) is 0 Å². The number of nitrogens with zero attached hydrogens (tertiary/aromatic N) is 4. The average molecular weight is 399 g/mol. The molecular formula is C19H19ClN6O2. The van der Waals surface area contributed by atoms with Gasteiger partial charge in [-0.15, -0.1) is 0 Å². The number of piperidine rings is 1. The van der Waals surface area contributed by atoms with Crippen LogP contribution in [0.15, 0.2) is 48.9 Å². The van der Waals surface area contributed by atoms with Crippen LogP contribution in [-0.4, -0.2) is 44.2 Å². The molecule has 28 heavy (non-hydrogen) atoms. The molecule has 0 unspecified atom stereocenters. The van der Waals surface area contributed by atoms with E-state index in [1.54, 1.807) is 47.5 Å². The van der Waals surface area contributed by atoms with Gasteiger partial charge in [0.05, 0.1) is 11.9 Å². The number of nitrogens with one attached hydrogen (secondary N) is 2. The zero-order valence-electron chi connectivity index (χ0n) is 15.0. The van der Waals surface area contributed by atoms with E-state index in [0.29, 0.717) is 41.3 Å². The Hall–Kier alpha value is -3.13. The number of urea groups is 1. The highest BCUT2D eigenvalue weighted by atomic mass is 35.5. The number of pyridine rings is 1. The van der Waals surface area contributed by atoms with Crippen LogP contribution in [0.2, 0.25) is 5.02 Å². The Morgan fingerprint density at radius 2 is 1.93 bits per heavy atom. The Bertz CT molecular complexity index is 907. The van der Waals surface area contributed by atoms with Crippen molar-refractivity contribution in [1.82, 2.24) is 25.1 Å². The fourth-order valence-corrected chi connectivity index (χ4v) is 3.23. The van der Waals surface area contributed by atoms with E-state index in [-0.39, 0.29) is 6.03 Å². The third-order valence-electron chi connectivity index (χ3n) is 4.63. The summed E-state index contributed by atoms with van der Waals surface area (Å²) in [4.78, 5) is 22.7. The number of amides is 2. The lowest BCUT2D eigenvalue weighted by Crippen LogP contribution is -2.40. The highest BCUT2D eigenvalue weighted by molar-refractivity contribution is 6.30. The lowest BCUT2D eigenvalue weighted by molar-refractivity contribution is 0.193. The van der Waals surface area contributed by atoms with Crippen LogP contribution in [0.5, 0.6) is 11.6 Å². The maximum absolute atomic E-state index is 12.5. The predicted octanol–water partition coefficient (Wildman–Crippen LogP) is 4.06. The van der Waals surface area contributed by atoms with E-state index < -0.39 is 0 Å². The number of likely N-dealkylation sites (tertiary alicyclic amines) is 1. The number of aromatic amines is 1. The van der Waals surface area contributed by atoms with Crippen molar-refractivity contribution in [2.75, 3.05) is 18.4 Å². The van der Waals surface area contributed by atoms with Gasteiger partial charge in [0.1, 0.15) is 17.9 Å². The molecule has 1 aliphatic heterocycles. The van der Waals surface area contributed by atoms with E-state index in [1.807, 2.05) is 0 Å². The third-order valence-corrected chi connectivity index (χ3v) is 4.88. The van der Waals surface area contributed by atoms with Crippen LogP contribution in [-0.2, 0) is 0 Å². The second-order valence-electron chi connectivity index (χ2n) is 6.50. The number of carbonyl (C=O) groups excluding carboxylic acids is 1. The van der Waals surface area contributed by atoms with Crippen molar-refractivity contribution >= 4 is 23.3 Å². The number of halogens is 1. The molecule has 1 aromatic carbocycles. The Morgan fingerprint density at radius 1 is 1.14 bits per heavy atom. The first-order valence-corrected chi connectivity index (χ1v) is 9.36. The molecule has 3 aromatic rings. The normalized spacial score (nSPS) is 14.7. The summed E-state index contributed by atoms with van der Waals surface area (Å²) in [5.74, 6) is 2.29. The van der Waals surface area contributed by atoms with Crippen LogP contribution < -0.4 is 10.1 Å². The van der Waals surface area contributed by atoms with Crippen LogP contribution in [0.4, 0.5) is 10.5 Å². The van der Waals surface area contributed by atoms with Gasteiger partial charge in [-0.3, -0.25) is 5.10 Å². The molecule has 3 heterocycles. The largest absolute Gasteiger partial charge is 0.439 e. The second-order valence-corrected chi connectivity index (χ2v) is 6.94. The molecule has 0 spiro atoms. The molecule has 0 saturated carbocycles. The molecule has 0 atom stereocenters. The second kappa shape index (κ2) is 8.26. The van der Waals surface area contributed by atoms with Gasteiger partial charge in [0.2, 0.25) is 5.88 Å². The fourth-order valence-electron chi connectivity index (χ4n) is 3.11. The molecule has 4 rings (SSSR count). The van der Waals surface area contributed by atoms with Crippen molar-refractivity contribution < 1.29 is 9.53 Å². The van der Waals surface area contributed by atoms with Crippen molar-refractivity contribution in [3.05, 3.63) is 59.8 Å². The van der Waals surface area contributed by atoms with Crippen LogP contribution in [0.25, 0.3) is 0 Å². The zero-order valence-corrected chi connectivity index (χ0v) is 15.8. The van der Waals surface area contributed by atoms with E-state index in [0.717, 1.165) is 18.7 Å². The lowest BCUT2D eigenvalue weighted by Gasteiger charge is -2.30. The van der Waals surface area contributed by atoms with Gasteiger partial charge in [0, 0.05) is 30.1 Å². The molecule has 1 fully saturated rings. The minimum absolute atomic E-state index is 0.135. The van der Waals surface area contributed by atoms with Crippen LogP contribution in [0, 0.1) is 0 Å². The third kappa shape index (κ3) is 4.40. The Balaban J connectivity index is 1.29. The van der Waals surface area contributed by atoms with Gasteiger partial charge in [-0.2, -0.15) is 5.10 Å². The summed E-state index contributed by atoms with van der Waals surface area (Å²) in [5.41, 5.74) is 0.616. The van der Waals surface area contributed by atoms with Gasteiger partial charge >= 0.3 is 6.03 Å². The van der Waals surface area contributed by atoms with Gasteiger partial charge in [-0.05, 0) is 43.2 Å². The number of rotatable bonds is 4. The van der Waals surface area contributed by atoms with Gasteiger partial charge < -0.3 is 15.0 Å². The number of hydrogen-bond acceptors (Lipinski definition) is 5. The fraction of sp³-hybridized carbons (Fsp3) is 0.263. The molecule has 1 aliphatic rings. The van der Waals surface area contributed by atoms with E-state index in [4.69, 9.17) is 16.3 Å². The number of anilines is 1. The van der Waals surface area contributed by atoms with E-state index in [9.17, 15) is 4.79 Å². The topological polar surface area (TPSA) is 96.0 Å². The molecule has 2 amide bonds. The summed E-state index contributed by atoms with van der Waals surface area (Å²) in [7, 11) is 0. The number of aromatic nitrogens is 4. The first-order valence-electron chi connectivity index (χ1n) is 8.98. The molecule has 0 radical (unpaired) electrons. The van der Waals surface area contributed by atoms with E-state index >= 15 is 0 Å². The summed E-state index contributed by atoms with van der Waals surface area (Å²) in [5, 5.41) is 10.3. The molecule has 1 saturated heterocycles. The number of hydrogen-bond donors (Lipinski definition) is 2. The van der Waals surface area contributed by atoms with Crippen molar-refractivity contribution in [3.8, 4) is 11.6 Å². The number of carbonyl (C=O) groups is 1. The minimum Gasteiger partial charge on any atom is -0.439 e. The predicted molar refractivity (Wildman–Crippen MR) is 105 cm³/mol. The Kier molecular flexibility index (Phi) is 5.38. The molecule has 8 nitrogen and oxygen atoms in total. The quantitative estimate of drug-likeness (QED) is 0.690.